The molecule has 58 heavy (non-hydrogen) atoms. The summed E-state index contributed by atoms with van der Waals surface area (Å²) in [6.45, 7) is 0. The Kier molecular flexibility index (Phi) is 6.56. The van der Waals surface area contributed by atoms with Crippen LogP contribution < -0.4 is 0 Å². The van der Waals surface area contributed by atoms with Crippen LogP contribution >= 0.6 is 11.8 Å². The van der Waals surface area contributed by atoms with E-state index in [-0.39, 0.29) is 0 Å². The van der Waals surface area contributed by atoms with Crippen molar-refractivity contribution in [1.29, 1.82) is 0 Å². The van der Waals surface area contributed by atoms with Crippen molar-refractivity contribution in [3.8, 4) is 40.1 Å². The van der Waals surface area contributed by atoms with Crippen molar-refractivity contribution in [3.63, 3.8) is 0 Å². The summed E-state index contributed by atoms with van der Waals surface area (Å²) < 4.78 is 7.02. The lowest BCUT2D eigenvalue weighted by molar-refractivity contribution is 0.927. The zero-order valence-corrected chi connectivity index (χ0v) is 31.7. The molecule has 8 aromatic carbocycles. The Balaban J connectivity index is 1.13. The average Bonchev–Trinajstić information content (AvgIpc) is 3.93. The first-order valence-corrected chi connectivity index (χ1v) is 20.3. The summed E-state index contributed by atoms with van der Waals surface area (Å²) in [7, 11) is 0. The van der Waals surface area contributed by atoms with Crippen LogP contribution in [0.3, 0.4) is 0 Å². The molecule has 0 fully saturated rings. The molecule has 0 saturated heterocycles. The van der Waals surface area contributed by atoms with Gasteiger partial charge in [0.05, 0.1) is 27.8 Å². The van der Waals surface area contributed by atoms with Crippen LogP contribution in [0.1, 0.15) is 0 Å². The lowest BCUT2D eigenvalue weighted by atomic mass is 10.1. The number of benzene rings is 8. The molecule has 270 valence electrons. The summed E-state index contributed by atoms with van der Waals surface area (Å²) in [5.74, 6) is 1.81. The first-order chi connectivity index (χ1) is 28.8. The first kappa shape index (κ1) is 31.7. The molecule has 6 nitrogen and oxygen atoms in total. The molecule has 12 aromatic rings. The standard InChI is InChI=1S/C51H30N6S/c1-2-15-35(16-3-1)55-40-20-8-6-17-36(40)39-30-34(27-28-42(39)55)49-52-48(33-26-25-31-13-4-5-14-32(31)29-33)53-51(54-49)57-41-21-9-7-18-37(41)46-38-19-12-24-45-47(38)56(50(46)57)43-22-10-11-23-44(43)58-45/h1-30H. The second kappa shape index (κ2) is 12.0. The maximum atomic E-state index is 5.44. The number of nitrogens with zero attached hydrogens (tertiary/aromatic N) is 6. The number of aromatic nitrogens is 6. The fourth-order valence-corrected chi connectivity index (χ4v) is 10.2. The van der Waals surface area contributed by atoms with Crippen LogP contribution in [0.2, 0.25) is 0 Å². The van der Waals surface area contributed by atoms with Gasteiger partial charge in [0.15, 0.2) is 11.6 Å². The predicted octanol–water partition coefficient (Wildman–Crippen LogP) is 13.0. The lowest BCUT2D eigenvalue weighted by Gasteiger charge is -2.20. The van der Waals surface area contributed by atoms with Crippen molar-refractivity contribution in [1.82, 2.24) is 28.7 Å². The SMILES string of the molecule is c1ccc(-n2c3ccccc3c3cc(-c4nc(-c5ccc6ccccc6c5)nc(-n5c6ccccc6c6c7cccc8c7n(c65)-c5ccccc5S8)n4)ccc32)cc1. The van der Waals surface area contributed by atoms with E-state index < -0.39 is 0 Å². The van der Waals surface area contributed by atoms with Crippen molar-refractivity contribution < 1.29 is 0 Å². The number of fused-ring (bicyclic) bond motifs is 11. The van der Waals surface area contributed by atoms with E-state index in [1.54, 1.807) is 0 Å². The lowest BCUT2D eigenvalue weighted by Crippen LogP contribution is -2.10. The van der Waals surface area contributed by atoms with Crippen LogP contribution in [-0.4, -0.2) is 28.7 Å². The number of hydrogen-bond donors (Lipinski definition) is 0. The van der Waals surface area contributed by atoms with Crippen LogP contribution in [0.25, 0.3) is 106 Å². The van der Waals surface area contributed by atoms with Gasteiger partial charge in [0.2, 0.25) is 5.95 Å². The minimum absolute atomic E-state index is 0.572. The molecule has 0 bridgehead atoms. The number of para-hydroxylation sites is 5. The largest absolute Gasteiger partial charge is 0.309 e. The Morgan fingerprint density at radius 1 is 0.397 bits per heavy atom. The van der Waals surface area contributed by atoms with Gasteiger partial charge in [-0.25, -0.2) is 4.98 Å². The van der Waals surface area contributed by atoms with E-state index in [0.29, 0.717) is 17.6 Å². The summed E-state index contributed by atoms with van der Waals surface area (Å²) in [5.41, 5.74) is 9.71. The Morgan fingerprint density at radius 3 is 1.90 bits per heavy atom. The molecule has 0 radical (unpaired) electrons. The van der Waals surface area contributed by atoms with E-state index in [9.17, 15) is 0 Å². The van der Waals surface area contributed by atoms with E-state index in [1.165, 1.54) is 36.9 Å². The van der Waals surface area contributed by atoms with Crippen molar-refractivity contribution in [2.24, 2.45) is 0 Å². The van der Waals surface area contributed by atoms with Crippen molar-refractivity contribution in [2.45, 2.75) is 9.79 Å². The molecule has 0 saturated carbocycles. The molecule has 1 aliphatic heterocycles. The first-order valence-electron chi connectivity index (χ1n) is 19.5. The monoisotopic (exact) mass is 758 g/mol. The molecule has 0 aliphatic carbocycles. The molecule has 1 aliphatic rings. The number of hydrogen-bond acceptors (Lipinski definition) is 4. The molecule has 7 heteroatoms. The van der Waals surface area contributed by atoms with Crippen LogP contribution in [0.5, 0.6) is 0 Å². The molecular formula is C51H30N6S. The topological polar surface area (TPSA) is 53.5 Å². The summed E-state index contributed by atoms with van der Waals surface area (Å²) in [6, 6.07) is 64.7. The van der Waals surface area contributed by atoms with Gasteiger partial charge in [0, 0.05) is 53.5 Å². The van der Waals surface area contributed by atoms with Crippen molar-refractivity contribution in [2.75, 3.05) is 0 Å². The molecule has 0 unspecified atom stereocenters. The summed E-state index contributed by atoms with van der Waals surface area (Å²) in [4.78, 5) is 18.6. The molecule has 0 N–H and O–H groups in total. The Morgan fingerprint density at radius 2 is 1.03 bits per heavy atom. The second-order valence-corrected chi connectivity index (χ2v) is 16.0. The number of rotatable bonds is 4. The van der Waals surface area contributed by atoms with Crippen LogP contribution in [0.15, 0.2) is 192 Å². The molecule has 0 atom stereocenters. The molecule has 0 amide bonds. The zero-order valence-electron chi connectivity index (χ0n) is 30.9. The van der Waals surface area contributed by atoms with E-state index in [0.717, 1.165) is 60.9 Å². The van der Waals surface area contributed by atoms with Crippen LogP contribution in [0.4, 0.5) is 0 Å². The second-order valence-electron chi connectivity index (χ2n) is 14.9. The Hall–Kier alpha value is -7.48. The summed E-state index contributed by atoms with van der Waals surface area (Å²) in [5, 5.41) is 8.19. The predicted molar refractivity (Wildman–Crippen MR) is 238 cm³/mol. The highest BCUT2D eigenvalue weighted by molar-refractivity contribution is 7.99. The van der Waals surface area contributed by atoms with Gasteiger partial charge in [-0.15, -0.1) is 0 Å². The zero-order chi connectivity index (χ0) is 37.9. The van der Waals surface area contributed by atoms with Gasteiger partial charge in [-0.1, -0.05) is 127 Å². The maximum Gasteiger partial charge on any atom is 0.239 e. The van der Waals surface area contributed by atoms with Crippen molar-refractivity contribution in [3.05, 3.63) is 182 Å². The Bertz CT molecular complexity index is 3670. The quantitative estimate of drug-likeness (QED) is 0.179. The highest BCUT2D eigenvalue weighted by Gasteiger charge is 2.29. The fourth-order valence-electron chi connectivity index (χ4n) is 9.15. The van der Waals surface area contributed by atoms with E-state index in [4.69, 9.17) is 15.0 Å². The maximum absolute atomic E-state index is 5.44. The van der Waals surface area contributed by atoms with Crippen molar-refractivity contribution >= 4 is 77.2 Å². The molecule has 0 spiro atoms. The molecule has 13 rings (SSSR count). The van der Waals surface area contributed by atoms with Gasteiger partial charge in [-0.05, 0) is 77.5 Å². The molecule has 5 heterocycles. The fraction of sp³-hybridized carbons (Fsp3) is 0. The highest BCUT2D eigenvalue weighted by atomic mass is 32.2. The van der Waals surface area contributed by atoms with E-state index in [1.807, 2.05) is 11.8 Å². The van der Waals surface area contributed by atoms with Crippen LogP contribution in [0, 0.1) is 0 Å². The van der Waals surface area contributed by atoms with Gasteiger partial charge < -0.3 is 4.57 Å². The van der Waals surface area contributed by atoms with E-state index >= 15 is 0 Å². The van der Waals surface area contributed by atoms with Gasteiger partial charge >= 0.3 is 0 Å². The van der Waals surface area contributed by atoms with Gasteiger partial charge in [-0.2, -0.15) is 9.97 Å². The van der Waals surface area contributed by atoms with Gasteiger partial charge in [0.1, 0.15) is 5.65 Å². The summed E-state index contributed by atoms with van der Waals surface area (Å²) >= 11 is 1.83. The van der Waals surface area contributed by atoms with E-state index in [2.05, 4.69) is 196 Å². The summed E-state index contributed by atoms with van der Waals surface area (Å²) in [6.07, 6.45) is 0. The molecular weight excluding hydrogens is 729 g/mol. The van der Waals surface area contributed by atoms with Crippen LogP contribution in [-0.2, 0) is 0 Å². The third kappa shape index (κ3) is 4.47. The minimum atomic E-state index is 0.572. The highest BCUT2D eigenvalue weighted by Crippen LogP contribution is 2.49. The third-order valence-electron chi connectivity index (χ3n) is 11.7. The van der Waals surface area contributed by atoms with Gasteiger partial charge in [-0.3, -0.25) is 9.13 Å². The Labute approximate surface area is 336 Å². The minimum Gasteiger partial charge on any atom is -0.309 e. The normalized spacial score (nSPS) is 12.4. The third-order valence-corrected chi connectivity index (χ3v) is 12.8. The average molecular weight is 759 g/mol. The van der Waals surface area contributed by atoms with Gasteiger partial charge in [0.25, 0.3) is 0 Å². The smallest absolute Gasteiger partial charge is 0.239 e. The molecule has 4 aromatic heterocycles.